The molecule has 0 aromatic heterocycles. The van der Waals surface area contributed by atoms with Gasteiger partial charge in [-0.05, 0) is 50.0 Å². The first-order valence-corrected chi connectivity index (χ1v) is 14.0. The van der Waals surface area contributed by atoms with Crippen LogP contribution in [0.4, 0.5) is 0 Å². The van der Waals surface area contributed by atoms with Gasteiger partial charge >= 0.3 is 0 Å². The minimum Gasteiger partial charge on any atom is -0.543 e. The van der Waals surface area contributed by atoms with Gasteiger partial charge in [-0.2, -0.15) is 0 Å². The number of thioether (sulfide) groups is 1. The monoisotopic (exact) mass is 426 g/mol. The highest BCUT2D eigenvalue weighted by molar-refractivity contribution is 8.00. The molecule has 0 saturated carbocycles. The fourth-order valence-corrected chi connectivity index (χ4v) is 5.99. The molecule has 1 aliphatic rings. The maximum absolute atomic E-state index is 6.82. The van der Waals surface area contributed by atoms with Crippen LogP contribution in [0.15, 0.2) is 47.9 Å². The Bertz CT molecular complexity index is 928. The lowest BCUT2D eigenvalue weighted by molar-refractivity contribution is 0.176. The van der Waals surface area contributed by atoms with Gasteiger partial charge in [0.1, 0.15) is 11.5 Å². The van der Waals surface area contributed by atoms with Crippen molar-refractivity contribution >= 4 is 20.1 Å². The van der Waals surface area contributed by atoms with Gasteiger partial charge in [0.2, 0.25) is 0 Å². The molecule has 0 radical (unpaired) electrons. The summed E-state index contributed by atoms with van der Waals surface area (Å²) in [5.74, 6) is 2.05. The predicted octanol–water partition coefficient (Wildman–Crippen LogP) is 7.91. The van der Waals surface area contributed by atoms with E-state index in [0.717, 1.165) is 17.9 Å². The van der Waals surface area contributed by atoms with E-state index >= 15 is 0 Å². The van der Waals surface area contributed by atoms with Crippen LogP contribution in [0.3, 0.4) is 0 Å². The number of fused-ring (bicyclic) bond motifs is 1. The van der Waals surface area contributed by atoms with E-state index in [2.05, 4.69) is 85.5 Å². The molecule has 4 heteroatoms. The molecule has 1 unspecified atom stereocenters. The lowest BCUT2D eigenvalue weighted by Crippen LogP contribution is -2.44. The van der Waals surface area contributed by atoms with Crippen LogP contribution in [-0.2, 0) is 4.93 Å². The van der Waals surface area contributed by atoms with Gasteiger partial charge in [-0.3, -0.25) is 0 Å². The van der Waals surface area contributed by atoms with Crippen LogP contribution in [0.1, 0.15) is 49.4 Å². The average Bonchev–Trinajstić information content (AvgIpc) is 3.05. The lowest BCUT2D eigenvalue weighted by Gasteiger charge is -2.37. The summed E-state index contributed by atoms with van der Waals surface area (Å²) in [6, 6.07) is 10.5. The van der Waals surface area contributed by atoms with Crippen molar-refractivity contribution in [3.8, 4) is 11.5 Å². The normalized spacial score (nSPS) is 18.9. The largest absolute Gasteiger partial charge is 0.543 e. The van der Waals surface area contributed by atoms with Gasteiger partial charge in [0, 0.05) is 17.5 Å². The summed E-state index contributed by atoms with van der Waals surface area (Å²) in [7, 11) is -1.95. The highest BCUT2D eigenvalue weighted by Crippen LogP contribution is 2.59. The van der Waals surface area contributed by atoms with Crippen molar-refractivity contribution in [2.45, 2.75) is 75.9 Å². The van der Waals surface area contributed by atoms with E-state index in [1.54, 1.807) is 11.8 Å². The molecule has 2 nitrogen and oxygen atoms in total. The first-order valence-electron chi connectivity index (χ1n) is 10.3. The van der Waals surface area contributed by atoms with Crippen LogP contribution >= 0.6 is 11.8 Å². The second-order valence-corrected chi connectivity index (χ2v) is 15.5. The van der Waals surface area contributed by atoms with Gasteiger partial charge in [-0.1, -0.05) is 68.9 Å². The number of rotatable bonds is 5. The van der Waals surface area contributed by atoms with Crippen molar-refractivity contribution in [3.63, 3.8) is 0 Å². The van der Waals surface area contributed by atoms with Gasteiger partial charge in [0.05, 0.1) is 4.90 Å². The SMILES string of the molecule is C=CCC1(c2ccccc2)Oc2c(C)c(C)c(O[Si](C)(C)C(C)(C)C)c(C)c2S1. The van der Waals surface area contributed by atoms with Gasteiger partial charge in [-0.25, -0.2) is 0 Å². The minimum atomic E-state index is -1.95. The Morgan fingerprint density at radius 3 is 2.24 bits per heavy atom. The van der Waals surface area contributed by atoms with Gasteiger partial charge in [0.15, 0.2) is 4.93 Å². The van der Waals surface area contributed by atoms with Crippen molar-refractivity contribution in [1.82, 2.24) is 0 Å². The Balaban J connectivity index is 2.12. The maximum atomic E-state index is 6.82. The van der Waals surface area contributed by atoms with E-state index in [-0.39, 0.29) is 5.04 Å². The molecule has 156 valence electrons. The molecule has 0 fully saturated rings. The van der Waals surface area contributed by atoms with Crippen LogP contribution < -0.4 is 9.16 Å². The van der Waals surface area contributed by atoms with E-state index < -0.39 is 13.3 Å². The van der Waals surface area contributed by atoms with Gasteiger partial charge in [-0.15, -0.1) is 6.58 Å². The number of hydrogen-bond donors (Lipinski definition) is 0. The van der Waals surface area contributed by atoms with E-state index in [9.17, 15) is 0 Å². The van der Waals surface area contributed by atoms with Crippen molar-refractivity contribution in [2.24, 2.45) is 0 Å². The molecule has 2 aromatic rings. The maximum Gasteiger partial charge on any atom is 0.250 e. The summed E-state index contributed by atoms with van der Waals surface area (Å²) >= 11 is 1.80. The molecule has 29 heavy (non-hydrogen) atoms. The smallest absolute Gasteiger partial charge is 0.250 e. The summed E-state index contributed by atoms with van der Waals surface area (Å²) in [6.07, 6.45) is 2.70. The molecule has 0 bridgehead atoms. The quantitative estimate of drug-likeness (QED) is 0.357. The molecular formula is C25H34O2SSi. The summed E-state index contributed by atoms with van der Waals surface area (Å²) < 4.78 is 13.5. The molecular weight excluding hydrogens is 392 g/mol. The van der Waals surface area contributed by atoms with E-state index in [1.807, 2.05) is 12.1 Å². The second kappa shape index (κ2) is 7.55. The number of ether oxygens (including phenoxy) is 1. The zero-order valence-corrected chi connectivity index (χ0v) is 20.9. The standard InChI is InChI=1S/C25H34O2SSi/c1-10-16-25(20-14-12-11-13-15-20)26-22-18(3)17(2)21(19(4)23(22)28-25)27-29(8,9)24(5,6)7/h10-15H,1,16H2,2-9H3. The van der Waals surface area contributed by atoms with E-state index in [4.69, 9.17) is 9.16 Å². The molecule has 2 aromatic carbocycles. The Morgan fingerprint density at radius 1 is 1.07 bits per heavy atom. The first kappa shape index (κ1) is 22.0. The van der Waals surface area contributed by atoms with Crippen LogP contribution in [-0.4, -0.2) is 8.32 Å². The molecule has 0 aliphatic carbocycles. The highest BCUT2D eigenvalue weighted by atomic mass is 32.2. The number of hydrogen-bond acceptors (Lipinski definition) is 3. The fourth-order valence-electron chi connectivity index (χ4n) is 3.42. The summed E-state index contributed by atoms with van der Waals surface area (Å²) in [5.41, 5.74) is 4.73. The lowest BCUT2D eigenvalue weighted by atomic mass is 10.0. The van der Waals surface area contributed by atoms with Crippen LogP contribution in [0, 0.1) is 20.8 Å². The summed E-state index contributed by atoms with van der Waals surface area (Å²) in [5, 5.41) is 0.152. The van der Waals surface area contributed by atoms with Gasteiger partial charge < -0.3 is 9.16 Å². The third-order valence-electron chi connectivity index (χ3n) is 6.46. The molecule has 0 amide bonds. The molecule has 0 spiro atoms. The zero-order valence-electron chi connectivity index (χ0n) is 19.1. The minimum absolute atomic E-state index is 0.152. The molecule has 1 heterocycles. The van der Waals surface area contributed by atoms with Crippen molar-refractivity contribution < 1.29 is 9.16 Å². The van der Waals surface area contributed by atoms with E-state index in [0.29, 0.717) is 0 Å². The fraction of sp³-hybridized carbons (Fsp3) is 0.440. The van der Waals surface area contributed by atoms with E-state index in [1.165, 1.54) is 27.1 Å². The molecule has 3 rings (SSSR count). The first-order chi connectivity index (χ1) is 13.4. The van der Waals surface area contributed by atoms with Gasteiger partial charge in [0.25, 0.3) is 8.32 Å². The Morgan fingerprint density at radius 2 is 1.69 bits per heavy atom. The third kappa shape index (κ3) is 3.77. The second-order valence-electron chi connectivity index (χ2n) is 9.54. The van der Waals surface area contributed by atoms with Crippen LogP contribution in [0.2, 0.25) is 18.1 Å². The Hall–Kier alpha value is -1.65. The predicted molar refractivity (Wildman–Crippen MR) is 128 cm³/mol. The van der Waals surface area contributed by atoms with Crippen LogP contribution in [0.5, 0.6) is 11.5 Å². The highest BCUT2D eigenvalue weighted by Gasteiger charge is 2.45. The Kier molecular flexibility index (Phi) is 5.74. The molecule has 1 atom stereocenters. The Labute approximate surface area is 181 Å². The topological polar surface area (TPSA) is 18.5 Å². The zero-order chi connectivity index (χ0) is 21.6. The third-order valence-corrected chi connectivity index (χ3v) is 12.3. The molecule has 1 aliphatic heterocycles. The molecule has 0 N–H and O–H groups in total. The molecule has 0 saturated heterocycles. The van der Waals surface area contributed by atoms with Crippen molar-refractivity contribution in [1.29, 1.82) is 0 Å². The average molecular weight is 427 g/mol. The summed E-state index contributed by atoms with van der Waals surface area (Å²) in [6.45, 7) is 22.0. The van der Waals surface area contributed by atoms with Crippen LogP contribution in [0.25, 0.3) is 0 Å². The number of benzene rings is 2. The summed E-state index contributed by atoms with van der Waals surface area (Å²) in [4.78, 5) is 0.732. The van der Waals surface area contributed by atoms with Crippen molar-refractivity contribution in [2.75, 3.05) is 0 Å². The van der Waals surface area contributed by atoms with Crippen molar-refractivity contribution in [3.05, 3.63) is 65.2 Å².